The van der Waals surface area contributed by atoms with Crippen LogP contribution < -0.4 is 0 Å². The lowest BCUT2D eigenvalue weighted by Crippen LogP contribution is -2.34. The van der Waals surface area contributed by atoms with Crippen LogP contribution in [0.3, 0.4) is 0 Å². The van der Waals surface area contributed by atoms with Crippen molar-refractivity contribution in [2.75, 3.05) is 13.2 Å². The average molecular weight is 372 g/mol. The van der Waals surface area contributed by atoms with Crippen molar-refractivity contribution in [2.24, 2.45) is 0 Å². The maximum absolute atomic E-state index is 12.3. The molecule has 3 aromatic rings. The molecule has 0 aliphatic heterocycles. The molecule has 0 fully saturated rings. The smallest absolute Gasteiger partial charge is 0.374 e. The van der Waals surface area contributed by atoms with E-state index in [4.69, 9.17) is 20.8 Å². The molecule has 3 rings (SSSR count). The molecule has 0 atom stereocenters. The highest BCUT2D eigenvalue weighted by Gasteiger charge is 2.18. The molecule has 0 saturated heterocycles. The summed E-state index contributed by atoms with van der Waals surface area (Å²) < 4.78 is 10.6. The minimum absolute atomic E-state index is 0.0428. The summed E-state index contributed by atoms with van der Waals surface area (Å²) >= 11 is 5.92. The average Bonchev–Trinajstić information content (AvgIpc) is 3.08. The number of nitrogens with zero attached hydrogens (tertiary/aromatic N) is 1. The maximum atomic E-state index is 12.3. The van der Waals surface area contributed by atoms with Gasteiger partial charge in [0.25, 0.3) is 5.91 Å². The van der Waals surface area contributed by atoms with Gasteiger partial charge in [-0.2, -0.15) is 0 Å². The monoisotopic (exact) mass is 371 g/mol. The molecular weight excluding hydrogens is 354 g/mol. The van der Waals surface area contributed by atoms with Crippen molar-refractivity contribution in [3.05, 3.63) is 70.9 Å². The zero-order valence-electron chi connectivity index (χ0n) is 14.3. The first-order chi connectivity index (χ1) is 12.6. The van der Waals surface area contributed by atoms with Crippen molar-refractivity contribution >= 4 is 34.4 Å². The van der Waals surface area contributed by atoms with E-state index in [2.05, 4.69) is 0 Å². The van der Waals surface area contributed by atoms with Gasteiger partial charge in [0.05, 0.1) is 0 Å². The molecule has 1 heterocycles. The van der Waals surface area contributed by atoms with Crippen molar-refractivity contribution in [2.45, 2.75) is 13.5 Å². The Morgan fingerprint density at radius 2 is 1.88 bits per heavy atom. The minimum Gasteiger partial charge on any atom is -0.450 e. The first-order valence-electron chi connectivity index (χ1n) is 8.24. The second-order valence-corrected chi connectivity index (χ2v) is 6.20. The minimum atomic E-state index is -0.679. The Labute approximate surface area is 156 Å². The Hall–Kier alpha value is -2.79. The first kappa shape index (κ1) is 18.0. The third kappa shape index (κ3) is 4.24. The molecule has 134 valence electrons. The fourth-order valence-electron chi connectivity index (χ4n) is 2.58. The molecule has 0 aliphatic carbocycles. The topological polar surface area (TPSA) is 59.8 Å². The summed E-state index contributed by atoms with van der Waals surface area (Å²) in [7, 11) is 0. The fourth-order valence-corrected chi connectivity index (χ4v) is 2.77. The number of amides is 1. The number of furan rings is 1. The van der Waals surface area contributed by atoms with Crippen molar-refractivity contribution in [3.63, 3.8) is 0 Å². The standard InChI is InChI=1S/C20H18ClNO4/c1-2-22(12-14-6-4-3-5-7-14)19(23)13-25-20(24)18-11-15-10-16(21)8-9-17(15)26-18/h3-11H,2,12-13H2,1H3. The van der Waals surface area contributed by atoms with Crippen LogP contribution in [0.1, 0.15) is 23.0 Å². The number of hydrogen-bond acceptors (Lipinski definition) is 4. The number of halogens is 1. The Balaban J connectivity index is 1.60. The van der Waals surface area contributed by atoms with E-state index in [1.165, 1.54) is 0 Å². The summed E-state index contributed by atoms with van der Waals surface area (Å²) in [5, 5.41) is 1.25. The van der Waals surface area contributed by atoms with Gasteiger partial charge in [0.15, 0.2) is 6.61 Å². The van der Waals surface area contributed by atoms with Crippen molar-refractivity contribution < 1.29 is 18.7 Å². The normalized spacial score (nSPS) is 10.7. The number of carbonyl (C=O) groups is 2. The molecule has 26 heavy (non-hydrogen) atoms. The summed E-state index contributed by atoms with van der Waals surface area (Å²) in [6, 6.07) is 16.2. The van der Waals surface area contributed by atoms with Gasteiger partial charge in [0.2, 0.25) is 5.76 Å². The molecule has 5 nitrogen and oxygen atoms in total. The summed E-state index contributed by atoms with van der Waals surface area (Å²) in [5.41, 5.74) is 1.55. The quantitative estimate of drug-likeness (QED) is 0.606. The van der Waals surface area contributed by atoms with E-state index in [1.807, 2.05) is 37.3 Å². The Bertz CT molecular complexity index is 920. The first-order valence-corrected chi connectivity index (χ1v) is 8.62. The highest BCUT2D eigenvalue weighted by Crippen LogP contribution is 2.23. The number of fused-ring (bicyclic) bond motifs is 1. The van der Waals surface area contributed by atoms with Crippen LogP contribution in [0.5, 0.6) is 0 Å². The number of likely N-dealkylation sites (N-methyl/N-ethyl adjacent to an activating group) is 1. The maximum Gasteiger partial charge on any atom is 0.374 e. The van der Waals surface area contributed by atoms with E-state index in [-0.39, 0.29) is 18.3 Å². The molecule has 1 aromatic heterocycles. The second-order valence-electron chi connectivity index (χ2n) is 5.76. The van der Waals surface area contributed by atoms with E-state index in [9.17, 15) is 9.59 Å². The molecule has 2 aromatic carbocycles. The Morgan fingerprint density at radius 3 is 2.62 bits per heavy atom. The van der Waals surface area contributed by atoms with Crippen LogP contribution in [0.2, 0.25) is 5.02 Å². The van der Waals surface area contributed by atoms with Crippen LogP contribution in [0.15, 0.2) is 59.0 Å². The van der Waals surface area contributed by atoms with Crippen LogP contribution in [-0.2, 0) is 16.1 Å². The fraction of sp³-hybridized carbons (Fsp3) is 0.200. The molecule has 0 saturated carbocycles. The number of benzene rings is 2. The summed E-state index contributed by atoms with van der Waals surface area (Å²) in [6.07, 6.45) is 0. The molecule has 1 amide bonds. The third-order valence-electron chi connectivity index (χ3n) is 3.96. The highest BCUT2D eigenvalue weighted by atomic mass is 35.5. The molecule has 0 N–H and O–H groups in total. The largest absolute Gasteiger partial charge is 0.450 e. The summed E-state index contributed by atoms with van der Waals surface area (Å²) in [6.45, 7) is 2.54. The highest BCUT2D eigenvalue weighted by molar-refractivity contribution is 6.31. The zero-order valence-corrected chi connectivity index (χ0v) is 15.0. The van der Waals surface area contributed by atoms with Crippen molar-refractivity contribution in [3.8, 4) is 0 Å². The number of carbonyl (C=O) groups excluding carboxylic acids is 2. The van der Waals surface area contributed by atoms with Gasteiger partial charge < -0.3 is 14.1 Å². The van der Waals surface area contributed by atoms with Gasteiger partial charge in [-0.1, -0.05) is 41.9 Å². The number of esters is 1. The van der Waals surface area contributed by atoms with Crippen molar-refractivity contribution in [1.82, 2.24) is 4.90 Å². The third-order valence-corrected chi connectivity index (χ3v) is 4.19. The summed E-state index contributed by atoms with van der Waals surface area (Å²) in [5.74, 6) is -0.897. The van der Waals surface area contributed by atoms with Crippen LogP contribution in [-0.4, -0.2) is 29.9 Å². The van der Waals surface area contributed by atoms with Crippen LogP contribution in [0, 0.1) is 0 Å². The van der Waals surface area contributed by atoms with Gasteiger partial charge in [-0.3, -0.25) is 4.79 Å². The lowest BCUT2D eigenvalue weighted by Gasteiger charge is -2.20. The second kappa shape index (κ2) is 8.06. The van der Waals surface area contributed by atoms with E-state index in [1.54, 1.807) is 29.2 Å². The Morgan fingerprint density at radius 1 is 1.12 bits per heavy atom. The van der Waals surface area contributed by atoms with E-state index < -0.39 is 5.97 Å². The molecule has 6 heteroatoms. The van der Waals surface area contributed by atoms with Gasteiger partial charge in [0.1, 0.15) is 5.58 Å². The zero-order chi connectivity index (χ0) is 18.5. The van der Waals surface area contributed by atoms with Gasteiger partial charge in [-0.05, 0) is 36.8 Å². The molecule has 0 spiro atoms. The van der Waals surface area contributed by atoms with Gasteiger partial charge in [0, 0.05) is 23.5 Å². The van der Waals surface area contributed by atoms with Gasteiger partial charge in [-0.25, -0.2) is 4.79 Å². The number of hydrogen-bond donors (Lipinski definition) is 0. The van der Waals surface area contributed by atoms with Gasteiger partial charge >= 0.3 is 5.97 Å². The predicted octanol–water partition coefficient (Wildman–Crippen LogP) is 4.29. The molecule has 0 bridgehead atoms. The van der Waals surface area contributed by atoms with Gasteiger partial charge in [-0.15, -0.1) is 0 Å². The SMILES string of the molecule is CCN(Cc1ccccc1)C(=O)COC(=O)c1cc2cc(Cl)ccc2o1. The lowest BCUT2D eigenvalue weighted by molar-refractivity contribution is -0.135. The Kier molecular flexibility index (Phi) is 5.58. The predicted molar refractivity (Wildman–Crippen MR) is 99.0 cm³/mol. The van der Waals surface area contributed by atoms with Crippen LogP contribution >= 0.6 is 11.6 Å². The molecule has 0 unspecified atom stereocenters. The molecular formula is C20H18ClNO4. The van der Waals surface area contributed by atoms with E-state index >= 15 is 0 Å². The van der Waals surface area contributed by atoms with Crippen LogP contribution in [0.25, 0.3) is 11.0 Å². The molecule has 0 radical (unpaired) electrons. The van der Waals surface area contributed by atoms with E-state index in [0.29, 0.717) is 29.1 Å². The number of rotatable bonds is 6. The number of ether oxygens (including phenoxy) is 1. The lowest BCUT2D eigenvalue weighted by atomic mass is 10.2. The van der Waals surface area contributed by atoms with Crippen LogP contribution in [0.4, 0.5) is 0 Å². The summed E-state index contributed by atoms with van der Waals surface area (Å²) in [4.78, 5) is 26.1. The van der Waals surface area contributed by atoms with Crippen molar-refractivity contribution in [1.29, 1.82) is 0 Å². The molecule has 0 aliphatic rings. The van der Waals surface area contributed by atoms with E-state index in [0.717, 1.165) is 5.56 Å².